The summed E-state index contributed by atoms with van der Waals surface area (Å²) in [7, 11) is 2.61. The minimum Gasteiger partial charge on any atom is -0.453 e. The van der Waals surface area contributed by atoms with Crippen LogP contribution in [0.15, 0.2) is 60.8 Å². The number of likely N-dealkylation sites (tertiary alicyclic amines) is 2. The standard InChI is InChI=1S/C53H66N8O6/c1-28(2)44(58-50(64)66-9)48(62)60-26-52(5,6)23-41(60)46-54-25-40(57-46)31-13-11-30(12-14-31)35-19-18-34(37-21-32-15-17-36(32)43(35)37)33-16-20-38-39(22-33)56-47(55-38)42-24-53(7,8)27-61(42)49(63)45(29(3)4)59-51(65)67-10/h11-14,16,18-20,22,25,28-29,32,36,41-42,44-45H,15,17,21,23-24,26-27H2,1-10H3,(H,54,57)(H,55,56)(H,58,64)(H,59,65)/t32?,36?,41-,42-,44-,45-/m0/s1. The zero-order chi connectivity index (χ0) is 47.7. The van der Waals surface area contributed by atoms with E-state index < -0.39 is 24.3 Å². The van der Waals surface area contributed by atoms with Crippen molar-refractivity contribution in [1.29, 1.82) is 0 Å². The summed E-state index contributed by atoms with van der Waals surface area (Å²) in [4.78, 5) is 73.3. The lowest BCUT2D eigenvalue weighted by molar-refractivity contribution is -0.136. The van der Waals surface area contributed by atoms with Gasteiger partial charge in [0.2, 0.25) is 11.8 Å². The van der Waals surface area contributed by atoms with Gasteiger partial charge in [-0.15, -0.1) is 0 Å². The van der Waals surface area contributed by atoms with Gasteiger partial charge < -0.3 is 39.9 Å². The normalized spacial score (nSPS) is 22.3. The lowest BCUT2D eigenvalue weighted by atomic mass is 9.73. The molecule has 4 amide bonds. The number of imidazole rings is 2. The van der Waals surface area contributed by atoms with Crippen molar-refractivity contribution in [2.24, 2.45) is 28.6 Å². The maximum Gasteiger partial charge on any atom is 0.407 e. The molecule has 9 rings (SSSR count). The van der Waals surface area contributed by atoms with Crippen LogP contribution < -0.4 is 10.6 Å². The third-order valence-electron chi connectivity index (χ3n) is 14.9. The zero-order valence-electron chi connectivity index (χ0n) is 40.6. The van der Waals surface area contributed by atoms with Crippen LogP contribution in [0.25, 0.3) is 44.5 Å². The fourth-order valence-corrected chi connectivity index (χ4v) is 11.4. The third kappa shape index (κ3) is 8.68. The average molecular weight is 911 g/mol. The lowest BCUT2D eigenvalue weighted by Gasteiger charge is -2.31. The highest BCUT2D eigenvalue weighted by Crippen LogP contribution is 2.56. The van der Waals surface area contributed by atoms with Gasteiger partial charge in [-0.05, 0) is 118 Å². The number of hydrogen-bond donors (Lipinski definition) is 4. The minimum absolute atomic E-state index is 0.124. The minimum atomic E-state index is -0.715. The van der Waals surface area contributed by atoms with E-state index in [0.717, 1.165) is 58.8 Å². The lowest BCUT2D eigenvalue weighted by Crippen LogP contribution is -2.51. The Kier molecular flexibility index (Phi) is 12.0. The summed E-state index contributed by atoms with van der Waals surface area (Å²) in [5.41, 5.74) is 11.2. The first-order valence-corrected chi connectivity index (χ1v) is 24.0. The number of carbonyl (C=O) groups is 4. The zero-order valence-corrected chi connectivity index (χ0v) is 40.6. The number of hydrogen-bond acceptors (Lipinski definition) is 8. The highest BCUT2D eigenvalue weighted by atomic mass is 16.5. The number of rotatable bonds is 11. The van der Waals surface area contributed by atoms with Crippen molar-refractivity contribution in [1.82, 2.24) is 40.4 Å². The van der Waals surface area contributed by atoms with Gasteiger partial charge in [-0.3, -0.25) is 9.59 Å². The van der Waals surface area contributed by atoms with Gasteiger partial charge >= 0.3 is 12.2 Å². The molecular weight excluding hydrogens is 845 g/mol. The molecule has 3 fully saturated rings. The van der Waals surface area contributed by atoms with Crippen molar-refractivity contribution in [3.8, 4) is 33.5 Å². The van der Waals surface area contributed by atoms with Crippen LogP contribution in [0, 0.1) is 28.6 Å². The monoisotopic (exact) mass is 911 g/mol. The molecule has 4 N–H and O–H groups in total. The molecule has 3 aromatic carbocycles. The summed E-state index contributed by atoms with van der Waals surface area (Å²) in [6.45, 7) is 17.5. The van der Waals surface area contributed by atoms with Crippen LogP contribution in [0.3, 0.4) is 0 Å². The summed E-state index contributed by atoms with van der Waals surface area (Å²) in [5.74, 6) is 2.16. The third-order valence-corrected chi connectivity index (χ3v) is 14.9. The van der Waals surface area contributed by atoms with Crippen molar-refractivity contribution in [2.45, 2.75) is 118 Å². The first-order chi connectivity index (χ1) is 31.8. The fraction of sp³-hybridized carbons (Fsp3) is 0.509. The molecule has 4 aliphatic rings. The largest absolute Gasteiger partial charge is 0.453 e. The van der Waals surface area contributed by atoms with Crippen LogP contribution in [-0.2, 0) is 25.5 Å². The number of nitrogens with zero attached hydrogens (tertiary/aromatic N) is 4. The van der Waals surface area contributed by atoms with Crippen LogP contribution in [0.5, 0.6) is 0 Å². The van der Waals surface area contributed by atoms with Gasteiger partial charge in [0, 0.05) is 13.1 Å². The molecule has 67 heavy (non-hydrogen) atoms. The quantitative estimate of drug-likeness (QED) is 0.101. The Labute approximate surface area is 393 Å². The molecule has 4 heterocycles. The number of aromatic amines is 2. The fourth-order valence-electron chi connectivity index (χ4n) is 11.4. The Morgan fingerprint density at radius 2 is 1.25 bits per heavy atom. The molecular formula is C53H66N8O6. The molecule has 14 heteroatoms. The summed E-state index contributed by atoms with van der Waals surface area (Å²) < 4.78 is 9.70. The molecule has 1 saturated carbocycles. The number of aromatic nitrogens is 4. The number of H-pyrrole nitrogens is 2. The maximum atomic E-state index is 14.1. The van der Waals surface area contributed by atoms with E-state index in [9.17, 15) is 19.2 Å². The van der Waals surface area contributed by atoms with Crippen LogP contribution >= 0.6 is 0 Å². The highest BCUT2D eigenvalue weighted by molar-refractivity contribution is 5.89. The van der Waals surface area contributed by atoms with Crippen LogP contribution in [0.1, 0.15) is 122 Å². The molecule has 14 nitrogen and oxygen atoms in total. The predicted molar refractivity (Wildman–Crippen MR) is 258 cm³/mol. The average Bonchev–Trinajstić information content (AvgIpc) is 4.12. The molecule has 5 aromatic rings. The molecule has 0 bridgehead atoms. The van der Waals surface area contributed by atoms with Gasteiger partial charge in [0.1, 0.15) is 23.7 Å². The van der Waals surface area contributed by atoms with Crippen molar-refractivity contribution >= 4 is 35.0 Å². The van der Waals surface area contributed by atoms with Crippen molar-refractivity contribution in [3.63, 3.8) is 0 Å². The van der Waals surface area contributed by atoms with E-state index in [1.54, 1.807) is 0 Å². The second kappa shape index (κ2) is 17.5. The molecule has 354 valence electrons. The van der Waals surface area contributed by atoms with Crippen molar-refractivity contribution in [3.05, 3.63) is 83.6 Å². The molecule has 2 saturated heterocycles. The second-order valence-electron chi connectivity index (χ2n) is 21.7. The Bertz CT molecular complexity index is 2720. The molecule has 2 unspecified atom stereocenters. The number of carbonyl (C=O) groups excluding carboxylic acids is 4. The first kappa shape index (κ1) is 46.0. The number of benzene rings is 3. The Morgan fingerprint density at radius 3 is 1.81 bits per heavy atom. The van der Waals surface area contributed by atoms with E-state index in [0.29, 0.717) is 24.9 Å². The van der Waals surface area contributed by atoms with Gasteiger partial charge in [0.15, 0.2) is 0 Å². The van der Waals surface area contributed by atoms with Crippen LogP contribution in [0.2, 0.25) is 0 Å². The Balaban J connectivity index is 0.968. The summed E-state index contributed by atoms with van der Waals surface area (Å²) in [6.07, 6.45) is 5.59. The van der Waals surface area contributed by atoms with E-state index in [1.807, 2.05) is 43.7 Å². The molecule has 2 aliphatic carbocycles. The topological polar surface area (TPSA) is 175 Å². The van der Waals surface area contributed by atoms with Crippen molar-refractivity contribution in [2.75, 3.05) is 27.3 Å². The van der Waals surface area contributed by atoms with Gasteiger partial charge in [-0.1, -0.05) is 97.9 Å². The van der Waals surface area contributed by atoms with Gasteiger partial charge in [-0.25, -0.2) is 19.6 Å². The molecule has 0 spiro atoms. The molecule has 2 aromatic heterocycles. The number of methoxy groups -OCH3 is 2. The summed E-state index contributed by atoms with van der Waals surface area (Å²) >= 11 is 0. The smallest absolute Gasteiger partial charge is 0.407 e. The van der Waals surface area contributed by atoms with E-state index in [4.69, 9.17) is 19.4 Å². The number of ether oxygens (including phenoxy) is 2. The van der Waals surface area contributed by atoms with Gasteiger partial charge in [-0.2, -0.15) is 0 Å². The first-order valence-electron chi connectivity index (χ1n) is 24.0. The van der Waals surface area contributed by atoms with E-state index in [-0.39, 0.29) is 46.6 Å². The SMILES string of the molecule is COC(=O)N[C@H](C(=O)N1CC(C)(C)C[C@H]1c1ncc(-c2ccc(-c3ccc(-c4ccc5nc([C@@H]6CC(C)(C)CN6C(=O)[C@@H](NC(=O)OC)C(C)C)[nH]c5c4)c4c3C3CCC3C4)cc2)[nH]1)C(C)C. The predicted octanol–water partition coefficient (Wildman–Crippen LogP) is 9.70. The van der Waals surface area contributed by atoms with Gasteiger partial charge in [0.05, 0.1) is 49.2 Å². The van der Waals surface area contributed by atoms with Gasteiger partial charge in [0.25, 0.3) is 0 Å². The summed E-state index contributed by atoms with van der Waals surface area (Å²) in [6, 6.07) is 17.8. The van der Waals surface area contributed by atoms with Crippen LogP contribution in [-0.4, -0.2) is 93.1 Å². The number of fused-ring (bicyclic) bond motifs is 4. The maximum absolute atomic E-state index is 14.1. The Hall–Kier alpha value is -6.18. The van der Waals surface area contributed by atoms with Crippen molar-refractivity contribution < 1.29 is 28.7 Å². The number of alkyl carbamates (subject to hydrolysis) is 2. The molecule has 2 aliphatic heterocycles. The summed E-state index contributed by atoms with van der Waals surface area (Å²) in [5, 5.41) is 5.52. The van der Waals surface area contributed by atoms with Crippen LogP contribution in [0.4, 0.5) is 9.59 Å². The second-order valence-corrected chi connectivity index (χ2v) is 21.7. The van der Waals surface area contributed by atoms with E-state index >= 15 is 0 Å². The van der Waals surface area contributed by atoms with E-state index in [1.165, 1.54) is 54.9 Å². The highest BCUT2D eigenvalue weighted by Gasteiger charge is 2.47. The number of amides is 4. The number of nitrogens with one attached hydrogen (secondary N) is 4. The Morgan fingerprint density at radius 1 is 0.701 bits per heavy atom. The molecule has 0 radical (unpaired) electrons. The van der Waals surface area contributed by atoms with E-state index in [2.05, 4.69) is 103 Å². The molecule has 6 atom stereocenters.